The Morgan fingerprint density at radius 1 is 0.152 bits per heavy atom. The molecule has 2 aliphatic carbocycles. The maximum absolute atomic E-state index is 7.26. The largest absolute Gasteiger partial charge is 0.457 e. The van der Waals surface area contributed by atoms with Gasteiger partial charge in [-0.25, -0.2) is 19.9 Å². The van der Waals surface area contributed by atoms with Gasteiger partial charge in [0.15, 0.2) is 11.6 Å². The van der Waals surface area contributed by atoms with Crippen LogP contribution in [-0.4, -0.2) is 19.9 Å². The lowest BCUT2D eigenvalue weighted by atomic mass is 9.65. The maximum atomic E-state index is 7.26. The molecule has 0 saturated heterocycles. The molecule has 2 aliphatic heterocycles. The molecule has 0 saturated carbocycles. The van der Waals surface area contributed by atoms with Gasteiger partial charge in [0, 0.05) is 55.6 Å². The van der Waals surface area contributed by atoms with Crippen molar-refractivity contribution in [3.05, 3.63) is 445 Å². The molecule has 522 valence electrons. The van der Waals surface area contributed by atoms with Crippen LogP contribution >= 0.6 is 0 Å². The molecule has 0 bridgehead atoms. The summed E-state index contributed by atoms with van der Waals surface area (Å²) in [5.41, 5.74) is 32.7. The zero-order valence-electron chi connectivity index (χ0n) is 60.7. The Balaban J connectivity index is 0.645. The van der Waals surface area contributed by atoms with Crippen molar-refractivity contribution in [2.45, 2.75) is 10.8 Å². The van der Waals surface area contributed by atoms with E-state index >= 15 is 0 Å². The molecule has 4 heterocycles. The van der Waals surface area contributed by atoms with E-state index in [9.17, 15) is 0 Å². The predicted octanol–water partition coefficient (Wildman–Crippen LogP) is 26.5. The van der Waals surface area contributed by atoms with Gasteiger partial charge in [0.25, 0.3) is 0 Å². The molecule has 18 aromatic rings. The van der Waals surface area contributed by atoms with Gasteiger partial charge in [-0.15, -0.1) is 0 Å². The lowest BCUT2D eigenvalue weighted by Gasteiger charge is -2.40. The quantitative estimate of drug-likeness (QED) is 0.129. The molecule has 22 rings (SSSR count). The van der Waals surface area contributed by atoms with Crippen LogP contribution in [0.15, 0.2) is 400 Å². The van der Waals surface area contributed by atoms with Gasteiger partial charge in [-0.2, -0.15) is 0 Å². The molecule has 2 spiro atoms. The topological polar surface area (TPSA) is 70.0 Å². The molecule has 0 unspecified atom stereocenters. The lowest BCUT2D eigenvalue weighted by molar-refractivity contribution is 0.436. The van der Waals surface area contributed by atoms with Crippen LogP contribution in [0, 0.1) is 0 Å². The highest BCUT2D eigenvalue weighted by molar-refractivity contribution is 5.96. The van der Waals surface area contributed by atoms with Gasteiger partial charge in [0.1, 0.15) is 23.0 Å². The zero-order valence-corrected chi connectivity index (χ0v) is 60.7. The van der Waals surface area contributed by atoms with Crippen LogP contribution in [0.2, 0.25) is 0 Å². The normalized spacial score (nSPS) is 13.1. The molecule has 6 nitrogen and oxygen atoms in total. The van der Waals surface area contributed by atoms with Crippen molar-refractivity contribution in [3.8, 4) is 169 Å². The minimum atomic E-state index is -0.784. The first-order valence-electron chi connectivity index (χ1n) is 38.2. The average molecular weight is 1430 g/mol. The van der Waals surface area contributed by atoms with E-state index in [2.05, 4.69) is 388 Å². The fourth-order valence-electron chi connectivity index (χ4n) is 18.4. The SMILES string of the molecule is c1ccc(-c2cc(-c3cccc(-c4ccc5c(c4)C4(c6cc(-c7ccccc7-c7ccccc7-c7nc(-c8ccccc8)cc(-c8ccccc8)n7)ccc6O5)c5ccccc5-c5ccccc54)c3)nc(-c3cccc(-c4ccccc4-c4ccc5c(c4)C4(c6ccccc6O5)c5ccccc5-c5ccccc54)c3)n2)cc1. The monoisotopic (exact) mass is 1430 g/mol. The summed E-state index contributed by atoms with van der Waals surface area (Å²) in [6.07, 6.45) is 0. The molecular weight excluding hydrogens is 1360 g/mol. The van der Waals surface area contributed by atoms with Crippen LogP contribution in [0.3, 0.4) is 0 Å². The third-order valence-electron chi connectivity index (χ3n) is 23.3. The average Bonchev–Trinajstić information content (AvgIpc) is 1.52. The molecule has 0 amide bonds. The van der Waals surface area contributed by atoms with E-state index in [-0.39, 0.29) is 0 Å². The Morgan fingerprint density at radius 2 is 0.429 bits per heavy atom. The first-order chi connectivity index (χ1) is 55.5. The minimum absolute atomic E-state index is 0.595. The van der Waals surface area contributed by atoms with Crippen molar-refractivity contribution in [1.82, 2.24) is 19.9 Å². The number of aromatic nitrogens is 4. The van der Waals surface area contributed by atoms with E-state index in [4.69, 9.17) is 29.4 Å². The predicted molar refractivity (Wildman–Crippen MR) is 452 cm³/mol. The van der Waals surface area contributed by atoms with Crippen LogP contribution in [0.1, 0.15) is 44.5 Å². The van der Waals surface area contributed by atoms with E-state index in [0.29, 0.717) is 11.6 Å². The highest BCUT2D eigenvalue weighted by Gasteiger charge is 2.53. The molecule has 0 atom stereocenters. The van der Waals surface area contributed by atoms with Gasteiger partial charge < -0.3 is 9.47 Å². The summed E-state index contributed by atoms with van der Waals surface area (Å²) < 4.78 is 14.1. The number of fused-ring (bicyclic) bond motifs is 18. The third-order valence-corrected chi connectivity index (χ3v) is 23.3. The van der Waals surface area contributed by atoms with E-state index in [0.717, 1.165) is 157 Å². The number of hydrogen-bond donors (Lipinski definition) is 0. The summed E-state index contributed by atoms with van der Waals surface area (Å²) in [4.78, 5) is 21.7. The fraction of sp³-hybridized carbons (Fsp3) is 0.0189. The summed E-state index contributed by atoms with van der Waals surface area (Å²) in [7, 11) is 0. The number of ether oxygens (including phenoxy) is 2. The van der Waals surface area contributed by atoms with Gasteiger partial charge in [-0.1, -0.05) is 334 Å². The number of rotatable bonds is 11. The second-order valence-electron chi connectivity index (χ2n) is 29.3. The number of para-hydroxylation sites is 1. The Kier molecular flexibility index (Phi) is 15.0. The number of hydrogen-bond acceptors (Lipinski definition) is 6. The minimum Gasteiger partial charge on any atom is -0.457 e. The van der Waals surface area contributed by atoms with Crippen molar-refractivity contribution < 1.29 is 9.47 Å². The fourth-order valence-corrected chi connectivity index (χ4v) is 18.4. The Bertz CT molecular complexity index is 6700. The Labute approximate surface area is 649 Å². The van der Waals surface area contributed by atoms with Crippen LogP contribution in [0.25, 0.3) is 146 Å². The summed E-state index contributed by atoms with van der Waals surface area (Å²) in [5, 5.41) is 0. The lowest BCUT2D eigenvalue weighted by Crippen LogP contribution is -2.32. The van der Waals surface area contributed by atoms with Crippen LogP contribution in [0.5, 0.6) is 23.0 Å². The number of nitrogens with zero attached hydrogens (tertiary/aromatic N) is 4. The van der Waals surface area contributed by atoms with E-state index in [1.165, 1.54) is 44.5 Å². The molecule has 16 aromatic carbocycles. The molecule has 0 N–H and O–H groups in total. The van der Waals surface area contributed by atoms with Gasteiger partial charge in [0.2, 0.25) is 0 Å². The Morgan fingerprint density at radius 3 is 0.902 bits per heavy atom. The van der Waals surface area contributed by atoms with Gasteiger partial charge >= 0.3 is 0 Å². The zero-order chi connectivity index (χ0) is 73.9. The summed E-state index contributed by atoms with van der Waals surface area (Å²) in [6.45, 7) is 0. The van der Waals surface area contributed by atoms with E-state index in [1.54, 1.807) is 0 Å². The molecule has 0 fully saturated rings. The van der Waals surface area contributed by atoms with Crippen molar-refractivity contribution in [1.29, 1.82) is 0 Å². The second kappa shape index (κ2) is 26.0. The first-order valence-corrected chi connectivity index (χ1v) is 38.2. The van der Waals surface area contributed by atoms with E-state index < -0.39 is 10.8 Å². The third kappa shape index (κ3) is 10.2. The summed E-state index contributed by atoms with van der Waals surface area (Å²) in [5.74, 6) is 4.63. The smallest absolute Gasteiger partial charge is 0.161 e. The van der Waals surface area contributed by atoms with Gasteiger partial charge in [0.05, 0.1) is 33.6 Å². The molecular formula is C106H66N4O2. The highest BCUT2D eigenvalue weighted by Crippen LogP contribution is 2.65. The molecule has 112 heavy (non-hydrogen) atoms. The van der Waals surface area contributed by atoms with Crippen LogP contribution in [-0.2, 0) is 10.8 Å². The highest BCUT2D eigenvalue weighted by atomic mass is 16.5. The summed E-state index contributed by atoms with van der Waals surface area (Å²) >= 11 is 0. The van der Waals surface area contributed by atoms with E-state index in [1.807, 2.05) is 12.1 Å². The summed E-state index contributed by atoms with van der Waals surface area (Å²) in [6, 6.07) is 144. The van der Waals surface area contributed by atoms with Crippen molar-refractivity contribution in [3.63, 3.8) is 0 Å². The van der Waals surface area contributed by atoms with Gasteiger partial charge in [-0.05, 0) is 167 Å². The first kappa shape index (κ1) is 64.5. The molecule has 0 radical (unpaired) electrons. The molecule has 2 aromatic heterocycles. The number of benzene rings is 16. The van der Waals surface area contributed by atoms with Gasteiger partial charge in [-0.3, -0.25) is 0 Å². The second-order valence-corrected chi connectivity index (χ2v) is 29.3. The molecule has 6 heteroatoms. The standard InChI is InChI=1S/C106H66N4O2/c1-4-28-67(29-5-1)95-66-98(108-103(107-95)76-37-27-35-72(61-76)77-38-10-11-39-78(77)73-55-58-101-93(63-73)105(91-52-24-25-53-99(91)111-101)87-48-20-16-43-82(87)83-44-17-21-49-88(83)105)75-36-26-34-70(60-75)71-54-57-100-92(62-71)106(89-50-22-18-45-84(89)85-46-19-23-51-90(85)106)94-64-74(56-59-102(94)112-100)79-40-12-13-41-80(79)81-42-14-15-47-86(81)104-109-96(68-30-6-2-7-31-68)65-97(110-104)69-32-8-3-9-33-69/h1-66H. The maximum Gasteiger partial charge on any atom is 0.161 e. The molecule has 4 aliphatic rings. The Hall–Kier alpha value is -14.7. The van der Waals surface area contributed by atoms with Crippen molar-refractivity contribution >= 4 is 0 Å². The van der Waals surface area contributed by atoms with Crippen molar-refractivity contribution in [2.75, 3.05) is 0 Å². The van der Waals surface area contributed by atoms with Crippen LogP contribution < -0.4 is 9.47 Å². The van der Waals surface area contributed by atoms with Crippen LogP contribution in [0.4, 0.5) is 0 Å². The van der Waals surface area contributed by atoms with Crippen molar-refractivity contribution in [2.24, 2.45) is 0 Å².